The minimum absolute atomic E-state index is 0.690. The minimum Gasteiger partial charge on any atom is -0.314 e. The van der Waals surface area contributed by atoms with Crippen LogP contribution >= 0.6 is 0 Å². The first kappa shape index (κ1) is 16.0. The molecule has 0 spiro atoms. The molecule has 0 saturated carbocycles. The van der Waals surface area contributed by atoms with Crippen molar-refractivity contribution in [2.75, 3.05) is 6.54 Å². The predicted molar refractivity (Wildman–Crippen MR) is 74.9 cm³/mol. The van der Waals surface area contributed by atoms with Gasteiger partial charge in [-0.15, -0.1) is 0 Å². The maximum atomic E-state index is 3.59. The van der Waals surface area contributed by atoms with Crippen molar-refractivity contribution in [3.8, 4) is 0 Å². The van der Waals surface area contributed by atoms with Crippen LogP contribution in [0.25, 0.3) is 0 Å². The highest BCUT2D eigenvalue weighted by molar-refractivity contribution is 4.68. The van der Waals surface area contributed by atoms with Gasteiger partial charge in [-0.05, 0) is 32.2 Å². The van der Waals surface area contributed by atoms with Crippen LogP contribution in [0, 0.1) is 5.92 Å². The first-order chi connectivity index (χ1) is 7.72. The quantitative estimate of drug-likeness (QED) is 0.502. The number of nitrogens with one attached hydrogen (secondary N) is 1. The maximum Gasteiger partial charge on any atom is 0.00643 e. The van der Waals surface area contributed by atoms with E-state index in [0.717, 1.165) is 5.92 Å². The smallest absolute Gasteiger partial charge is 0.00643 e. The largest absolute Gasteiger partial charge is 0.314 e. The molecular weight excluding hydrogens is 194 g/mol. The van der Waals surface area contributed by atoms with Crippen molar-refractivity contribution in [2.45, 2.75) is 85.1 Å². The normalized spacial score (nSPS) is 15.0. The molecule has 0 rings (SSSR count). The number of rotatable bonds is 11. The average molecular weight is 227 g/mol. The fourth-order valence-corrected chi connectivity index (χ4v) is 2.07. The lowest BCUT2D eigenvalue weighted by Gasteiger charge is -2.21. The standard InChI is InChI=1S/C15H33N/c1-5-7-8-9-10-11-12-14(3)15(4)16-13-6-2/h14-16H,5-13H2,1-4H3. The third kappa shape index (κ3) is 9.21. The van der Waals surface area contributed by atoms with Gasteiger partial charge in [-0.2, -0.15) is 0 Å². The lowest BCUT2D eigenvalue weighted by atomic mass is 9.96. The van der Waals surface area contributed by atoms with Gasteiger partial charge in [0.1, 0.15) is 0 Å². The summed E-state index contributed by atoms with van der Waals surface area (Å²) in [5.74, 6) is 0.831. The van der Waals surface area contributed by atoms with E-state index in [0.29, 0.717) is 6.04 Å². The first-order valence-electron chi connectivity index (χ1n) is 7.45. The van der Waals surface area contributed by atoms with Crippen molar-refractivity contribution in [3.63, 3.8) is 0 Å². The molecule has 0 amide bonds. The first-order valence-corrected chi connectivity index (χ1v) is 7.45. The molecular formula is C15H33N. The van der Waals surface area contributed by atoms with Gasteiger partial charge in [-0.3, -0.25) is 0 Å². The highest BCUT2D eigenvalue weighted by Gasteiger charge is 2.10. The average Bonchev–Trinajstić information content (AvgIpc) is 2.30. The van der Waals surface area contributed by atoms with Crippen LogP contribution in [0.2, 0.25) is 0 Å². The van der Waals surface area contributed by atoms with Crippen molar-refractivity contribution in [2.24, 2.45) is 5.92 Å². The zero-order valence-electron chi connectivity index (χ0n) is 12.0. The molecule has 0 aliphatic rings. The fourth-order valence-electron chi connectivity index (χ4n) is 2.07. The summed E-state index contributed by atoms with van der Waals surface area (Å²) >= 11 is 0. The summed E-state index contributed by atoms with van der Waals surface area (Å²) in [5, 5.41) is 3.59. The zero-order valence-corrected chi connectivity index (χ0v) is 12.0. The van der Waals surface area contributed by atoms with Crippen LogP contribution in [0.5, 0.6) is 0 Å². The second-order valence-electron chi connectivity index (χ2n) is 5.28. The molecule has 2 atom stereocenters. The molecule has 1 nitrogen and oxygen atoms in total. The second-order valence-corrected chi connectivity index (χ2v) is 5.28. The number of hydrogen-bond donors (Lipinski definition) is 1. The van der Waals surface area contributed by atoms with E-state index in [1.807, 2.05) is 0 Å². The minimum atomic E-state index is 0.690. The van der Waals surface area contributed by atoms with Crippen molar-refractivity contribution in [1.29, 1.82) is 0 Å². The molecule has 0 radical (unpaired) electrons. The summed E-state index contributed by atoms with van der Waals surface area (Å²) < 4.78 is 0. The maximum absolute atomic E-state index is 3.59. The Kier molecular flexibility index (Phi) is 11.4. The van der Waals surface area contributed by atoms with E-state index < -0.39 is 0 Å². The van der Waals surface area contributed by atoms with Gasteiger partial charge in [0.15, 0.2) is 0 Å². The Bertz CT molecular complexity index is 133. The summed E-state index contributed by atoms with van der Waals surface area (Å²) in [5.41, 5.74) is 0. The molecule has 0 heterocycles. The Hall–Kier alpha value is -0.0400. The Balaban J connectivity index is 3.31. The van der Waals surface area contributed by atoms with Crippen molar-refractivity contribution in [1.82, 2.24) is 5.32 Å². The number of unbranched alkanes of at least 4 members (excludes halogenated alkanes) is 5. The number of hydrogen-bond acceptors (Lipinski definition) is 1. The summed E-state index contributed by atoms with van der Waals surface area (Å²) in [6.07, 6.45) is 11.1. The highest BCUT2D eigenvalue weighted by Crippen LogP contribution is 2.14. The summed E-state index contributed by atoms with van der Waals surface area (Å²) in [6, 6.07) is 0.690. The van der Waals surface area contributed by atoms with E-state index in [1.165, 1.54) is 57.9 Å². The van der Waals surface area contributed by atoms with E-state index in [9.17, 15) is 0 Å². The van der Waals surface area contributed by atoms with Crippen LogP contribution in [0.15, 0.2) is 0 Å². The van der Waals surface area contributed by atoms with Gasteiger partial charge in [0.05, 0.1) is 0 Å². The fraction of sp³-hybridized carbons (Fsp3) is 1.00. The Morgan fingerprint density at radius 1 is 0.812 bits per heavy atom. The zero-order chi connectivity index (χ0) is 12.2. The van der Waals surface area contributed by atoms with Crippen molar-refractivity contribution in [3.05, 3.63) is 0 Å². The van der Waals surface area contributed by atoms with E-state index in [4.69, 9.17) is 0 Å². The molecule has 0 aliphatic carbocycles. The molecule has 2 unspecified atom stereocenters. The SMILES string of the molecule is CCCCCCCCC(C)C(C)NCCC. The molecule has 1 N–H and O–H groups in total. The van der Waals surface area contributed by atoms with Crippen molar-refractivity contribution >= 4 is 0 Å². The molecule has 0 aromatic carbocycles. The highest BCUT2D eigenvalue weighted by atomic mass is 14.9. The van der Waals surface area contributed by atoms with E-state index in [2.05, 4.69) is 33.0 Å². The van der Waals surface area contributed by atoms with Gasteiger partial charge in [-0.1, -0.05) is 59.3 Å². The second kappa shape index (κ2) is 11.4. The molecule has 16 heavy (non-hydrogen) atoms. The van der Waals surface area contributed by atoms with Crippen LogP contribution in [0.1, 0.15) is 79.1 Å². The van der Waals surface area contributed by atoms with E-state index >= 15 is 0 Å². The van der Waals surface area contributed by atoms with Gasteiger partial charge < -0.3 is 5.32 Å². The predicted octanol–water partition coefficient (Wildman–Crippen LogP) is 4.76. The summed E-state index contributed by atoms with van der Waals surface area (Å²) in [4.78, 5) is 0. The van der Waals surface area contributed by atoms with Gasteiger partial charge in [-0.25, -0.2) is 0 Å². The van der Waals surface area contributed by atoms with Gasteiger partial charge >= 0.3 is 0 Å². The van der Waals surface area contributed by atoms with Gasteiger partial charge in [0.2, 0.25) is 0 Å². The summed E-state index contributed by atoms with van der Waals surface area (Å²) in [7, 11) is 0. The molecule has 1 heteroatoms. The Morgan fingerprint density at radius 3 is 2.06 bits per heavy atom. The third-order valence-corrected chi connectivity index (χ3v) is 3.58. The van der Waals surface area contributed by atoms with Crippen molar-refractivity contribution < 1.29 is 0 Å². The molecule has 0 aromatic heterocycles. The molecule has 0 saturated heterocycles. The monoisotopic (exact) mass is 227 g/mol. The lowest BCUT2D eigenvalue weighted by Crippen LogP contribution is -2.32. The van der Waals surface area contributed by atoms with Crippen LogP contribution < -0.4 is 5.32 Å². The topological polar surface area (TPSA) is 12.0 Å². The van der Waals surface area contributed by atoms with Gasteiger partial charge in [0, 0.05) is 6.04 Å². The molecule has 0 bridgehead atoms. The van der Waals surface area contributed by atoms with Gasteiger partial charge in [0.25, 0.3) is 0 Å². The third-order valence-electron chi connectivity index (χ3n) is 3.58. The van der Waals surface area contributed by atoms with Crippen LogP contribution in [-0.4, -0.2) is 12.6 Å². The molecule has 0 aliphatic heterocycles. The summed E-state index contributed by atoms with van der Waals surface area (Å²) in [6.45, 7) is 10.4. The molecule has 0 fully saturated rings. The Labute approximate surface area is 103 Å². The molecule has 0 aromatic rings. The van der Waals surface area contributed by atoms with Crippen LogP contribution in [0.3, 0.4) is 0 Å². The molecule has 98 valence electrons. The van der Waals surface area contributed by atoms with Crippen LogP contribution in [-0.2, 0) is 0 Å². The lowest BCUT2D eigenvalue weighted by molar-refractivity contribution is 0.366. The van der Waals surface area contributed by atoms with E-state index in [-0.39, 0.29) is 0 Å². The Morgan fingerprint density at radius 2 is 1.44 bits per heavy atom. The van der Waals surface area contributed by atoms with E-state index in [1.54, 1.807) is 0 Å². The van der Waals surface area contributed by atoms with Crippen LogP contribution in [0.4, 0.5) is 0 Å².